The SMILES string of the molecule is CC(O)C1CCCCN1C(=O)OCc1ccccc1. The zero-order chi connectivity index (χ0) is 13.7. The highest BCUT2D eigenvalue weighted by molar-refractivity contribution is 5.68. The van der Waals surface area contributed by atoms with Gasteiger partial charge in [0.2, 0.25) is 0 Å². The molecule has 0 spiro atoms. The van der Waals surface area contributed by atoms with Gasteiger partial charge in [0.25, 0.3) is 0 Å². The summed E-state index contributed by atoms with van der Waals surface area (Å²) < 4.78 is 5.32. The molecular weight excluding hydrogens is 242 g/mol. The molecular formula is C15H21NO3. The van der Waals surface area contributed by atoms with Crippen molar-refractivity contribution in [3.8, 4) is 0 Å². The van der Waals surface area contributed by atoms with Crippen LogP contribution in [0, 0.1) is 0 Å². The summed E-state index contributed by atoms with van der Waals surface area (Å²) in [5.74, 6) is 0. The molecule has 1 fully saturated rings. The van der Waals surface area contributed by atoms with Gasteiger partial charge in [0.1, 0.15) is 6.61 Å². The van der Waals surface area contributed by atoms with Crippen LogP contribution in [0.5, 0.6) is 0 Å². The van der Waals surface area contributed by atoms with Crippen LogP contribution in [-0.4, -0.2) is 34.8 Å². The number of ether oxygens (including phenoxy) is 1. The van der Waals surface area contributed by atoms with Crippen molar-refractivity contribution in [1.29, 1.82) is 0 Å². The first-order valence-corrected chi connectivity index (χ1v) is 6.84. The molecule has 1 aliphatic heterocycles. The van der Waals surface area contributed by atoms with Crippen LogP contribution in [0.25, 0.3) is 0 Å². The minimum atomic E-state index is -0.510. The molecule has 1 saturated heterocycles. The number of hydrogen-bond donors (Lipinski definition) is 1. The normalized spacial score (nSPS) is 20.9. The summed E-state index contributed by atoms with van der Waals surface area (Å²) >= 11 is 0. The molecule has 2 unspecified atom stereocenters. The Balaban J connectivity index is 1.91. The summed E-state index contributed by atoms with van der Waals surface area (Å²) in [5.41, 5.74) is 0.974. The van der Waals surface area contributed by atoms with Gasteiger partial charge in [-0.1, -0.05) is 30.3 Å². The lowest BCUT2D eigenvalue weighted by molar-refractivity contribution is 0.0213. The van der Waals surface area contributed by atoms with Gasteiger partial charge in [-0.25, -0.2) is 4.79 Å². The second-order valence-corrected chi connectivity index (χ2v) is 5.04. The molecule has 4 heteroatoms. The van der Waals surface area contributed by atoms with E-state index in [1.54, 1.807) is 11.8 Å². The first kappa shape index (κ1) is 13.9. The summed E-state index contributed by atoms with van der Waals surface area (Å²) in [6.07, 6.45) is 2.04. The van der Waals surface area contributed by atoms with E-state index in [-0.39, 0.29) is 18.7 Å². The predicted molar refractivity (Wildman–Crippen MR) is 72.7 cm³/mol. The number of hydrogen-bond acceptors (Lipinski definition) is 3. The van der Waals surface area contributed by atoms with E-state index in [2.05, 4.69) is 0 Å². The zero-order valence-corrected chi connectivity index (χ0v) is 11.3. The number of likely N-dealkylation sites (tertiary alicyclic amines) is 1. The molecule has 1 aromatic carbocycles. The predicted octanol–water partition coefficient (Wildman–Crippen LogP) is 2.56. The fourth-order valence-corrected chi connectivity index (χ4v) is 2.49. The summed E-state index contributed by atoms with van der Waals surface area (Å²) in [4.78, 5) is 13.7. The smallest absolute Gasteiger partial charge is 0.410 e. The van der Waals surface area contributed by atoms with Crippen molar-refractivity contribution < 1.29 is 14.6 Å². The molecule has 1 heterocycles. The number of aliphatic hydroxyl groups is 1. The summed E-state index contributed by atoms with van der Waals surface area (Å²) in [5, 5.41) is 9.73. The van der Waals surface area contributed by atoms with E-state index < -0.39 is 6.10 Å². The van der Waals surface area contributed by atoms with E-state index in [0.29, 0.717) is 6.54 Å². The van der Waals surface area contributed by atoms with Gasteiger partial charge in [0.15, 0.2) is 0 Å². The molecule has 2 atom stereocenters. The minimum Gasteiger partial charge on any atom is -0.445 e. The molecule has 4 nitrogen and oxygen atoms in total. The number of aliphatic hydroxyl groups excluding tert-OH is 1. The first-order valence-electron chi connectivity index (χ1n) is 6.84. The molecule has 0 aromatic heterocycles. The van der Waals surface area contributed by atoms with Gasteiger partial charge in [-0.3, -0.25) is 0 Å². The number of rotatable bonds is 3. The highest BCUT2D eigenvalue weighted by Gasteiger charge is 2.30. The van der Waals surface area contributed by atoms with Crippen LogP contribution in [0.4, 0.5) is 4.79 Å². The second-order valence-electron chi connectivity index (χ2n) is 5.04. The summed E-state index contributed by atoms with van der Waals surface area (Å²) in [6.45, 7) is 2.68. The van der Waals surface area contributed by atoms with Crippen LogP contribution in [-0.2, 0) is 11.3 Å². The van der Waals surface area contributed by atoms with Crippen molar-refractivity contribution in [2.75, 3.05) is 6.54 Å². The van der Waals surface area contributed by atoms with Gasteiger partial charge in [-0.2, -0.15) is 0 Å². The van der Waals surface area contributed by atoms with E-state index in [0.717, 1.165) is 24.8 Å². The Kier molecular flexibility index (Phi) is 4.80. The van der Waals surface area contributed by atoms with Gasteiger partial charge in [0, 0.05) is 6.54 Å². The van der Waals surface area contributed by atoms with Crippen molar-refractivity contribution in [2.45, 2.75) is 44.9 Å². The van der Waals surface area contributed by atoms with E-state index in [9.17, 15) is 9.90 Å². The molecule has 0 aliphatic carbocycles. The van der Waals surface area contributed by atoms with E-state index in [1.165, 1.54) is 0 Å². The average Bonchev–Trinajstić information content (AvgIpc) is 2.46. The third kappa shape index (κ3) is 3.70. The van der Waals surface area contributed by atoms with Crippen molar-refractivity contribution in [3.05, 3.63) is 35.9 Å². The molecule has 0 bridgehead atoms. The summed E-state index contributed by atoms with van der Waals surface area (Å²) in [6, 6.07) is 9.51. The van der Waals surface area contributed by atoms with Gasteiger partial charge in [-0.05, 0) is 31.7 Å². The van der Waals surface area contributed by atoms with Crippen LogP contribution in [0.1, 0.15) is 31.7 Å². The lowest BCUT2D eigenvalue weighted by Crippen LogP contribution is -2.49. The van der Waals surface area contributed by atoms with Crippen LogP contribution < -0.4 is 0 Å². The van der Waals surface area contributed by atoms with Crippen LogP contribution in [0.2, 0.25) is 0 Å². The van der Waals surface area contributed by atoms with Crippen molar-refractivity contribution in [1.82, 2.24) is 4.90 Å². The standard InChI is InChI=1S/C15H21NO3/c1-12(17)14-9-5-6-10-16(14)15(18)19-11-13-7-3-2-4-8-13/h2-4,7-8,12,14,17H,5-6,9-11H2,1H3. The number of carbonyl (C=O) groups is 1. The Hall–Kier alpha value is -1.55. The van der Waals surface area contributed by atoms with Crippen molar-refractivity contribution >= 4 is 6.09 Å². The molecule has 1 N–H and O–H groups in total. The molecule has 1 aliphatic rings. The van der Waals surface area contributed by atoms with Gasteiger partial charge < -0.3 is 14.7 Å². The third-order valence-corrected chi connectivity index (χ3v) is 3.55. The average molecular weight is 263 g/mol. The first-order chi connectivity index (χ1) is 9.18. The van der Waals surface area contributed by atoms with E-state index in [4.69, 9.17) is 4.74 Å². The molecule has 0 saturated carbocycles. The highest BCUT2D eigenvalue weighted by atomic mass is 16.6. The number of nitrogens with zero attached hydrogens (tertiary/aromatic N) is 1. The third-order valence-electron chi connectivity index (χ3n) is 3.55. The van der Waals surface area contributed by atoms with E-state index in [1.807, 2.05) is 30.3 Å². The molecule has 104 valence electrons. The topological polar surface area (TPSA) is 49.8 Å². The maximum absolute atomic E-state index is 12.1. The number of benzene rings is 1. The quantitative estimate of drug-likeness (QED) is 0.911. The molecule has 0 radical (unpaired) electrons. The Morgan fingerprint density at radius 1 is 1.42 bits per heavy atom. The van der Waals surface area contributed by atoms with Gasteiger partial charge >= 0.3 is 6.09 Å². The highest BCUT2D eigenvalue weighted by Crippen LogP contribution is 2.21. The minimum absolute atomic E-state index is 0.114. The van der Waals surface area contributed by atoms with E-state index >= 15 is 0 Å². The van der Waals surface area contributed by atoms with Gasteiger partial charge in [0.05, 0.1) is 12.1 Å². The maximum Gasteiger partial charge on any atom is 0.410 e. The van der Waals surface area contributed by atoms with Crippen LogP contribution in [0.15, 0.2) is 30.3 Å². The number of amides is 1. The van der Waals surface area contributed by atoms with Crippen LogP contribution in [0.3, 0.4) is 0 Å². The van der Waals surface area contributed by atoms with Crippen molar-refractivity contribution in [2.24, 2.45) is 0 Å². The lowest BCUT2D eigenvalue weighted by Gasteiger charge is -2.36. The van der Waals surface area contributed by atoms with Crippen LogP contribution >= 0.6 is 0 Å². The Bertz CT molecular complexity index is 405. The zero-order valence-electron chi connectivity index (χ0n) is 11.3. The fourth-order valence-electron chi connectivity index (χ4n) is 2.49. The number of carbonyl (C=O) groups excluding carboxylic acids is 1. The maximum atomic E-state index is 12.1. The molecule has 1 aromatic rings. The molecule has 1 amide bonds. The monoisotopic (exact) mass is 263 g/mol. The largest absolute Gasteiger partial charge is 0.445 e. The lowest BCUT2D eigenvalue weighted by atomic mass is 9.99. The Labute approximate surface area is 114 Å². The molecule has 2 rings (SSSR count). The van der Waals surface area contributed by atoms with Crippen molar-refractivity contribution in [3.63, 3.8) is 0 Å². The Morgan fingerprint density at radius 2 is 2.16 bits per heavy atom. The summed E-state index contributed by atoms with van der Waals surface area (Å²) in [7, 11) is 0. The number of piperidine rings is 1. The molecule has 19 heavy (non-hydrogen) atoms. The fraction of sp³-hybridized carbons (Fsp3) is 0.533. The van der Waals surface area contributed by atoms with Gasteiger partial charge in [-0.15, -0.1) is 0 Å². The Morgan fingerprint density at radius 3 is 2.84 bits per heavy atom. The second kappa shape index (κ2) is 6.57.